The summed E-state index contributed by atoms with van der Waals surface area (Å²) in [6.07, 6.45) is 2.22. The maximum Gasteiger partial charge on any atom is 0.330 e. The van der Waals surface area contributed by atoms with Gasteiger partial charge in [0.15, 0.2) is 0 Å². The van der Waals surface area contributed by atoms with Crippen LogP contribution in [0.15, 0.2) is 116 Å². The van der Waals surface area contributed by atoms with Crippen LogP contribution < -0.4 is 0 Å². The number of carbonyl (C=O) groups excluding carboxylic acids is 2. The van der Waals surface area contributed by atoms with Crippen LogP contribution in [0.2, 0.25) is 0 Å². The summed E-state index contributed by atoms with van der Waals surface area (Å²) in [7, 11) is 0. The van der Waals surface area contributed by atoms with E-state index in [0.29, 0.717) is 10.8 Å². The Labute approximate surface area is 231 Å². The summed E-state index contributed by atoms with van der Waals surface area (Å²) in [5, 5.41) is 2.64. The molecule has 1 aliphatic rings. The molecule has 0 heterocycles. The molecule has 40 heavy (non-hydrogen) atoms. The number of hydrogen-bond acceptors (Lipinski definition) is 4. The Morgan fingerprint density at radius 1 is 0.675 bits per heavy atom. The topological polar surface area (TPSA) is 52.6 Å². The van der Waals surface area contributed by atoms with Crippen LogP contribution in [0.4, 0.5) is 4.39 Å². The van der Waals surface area contributed by atoms with E-state index in [1.807, 2.05) is 78.9 Å². The molecule has 0 unspecified atom stereocenters. The van der Waals surface area contributed by atoms with Gasteiger partial charge in [0.25, 0.3) is 0 Å². The average molecular weight is 529 g/mol. The Kier molecular flexibility index (Phi) is 6.27. The Morgan fingerprint density at radius 3 is 1.75 bits per heavy atom. The molecule has 0 aliphatic heterocycles. The van der Waals surface area contributed by atoms with Gasteiger partial charge in [0.05, 0.1) is 5.41 Å². The van der Waals surface area contributed by atoms with Crippen molar-refractivity contribution in [3.8, 4) is 22.3 Å². The van der Waals surface area contributed by atoms with E-state index in [1.54, 1.807) is 12.1 Å². The highest BCUT2D eigenvalue weighted by molar-refractivity contribution is 6.13. The lowest BCUT2D eigenvalue weighted by molar-refractivity contribution is -0.143. The van der Waals surface area contributed by atoms with Gasteiger partial charge in [-0.25, -0.2) is 14.0 Å². The van der Waals surface area contributed by atoms with Crippen molar-refractivity contribution in [2.24, 2.45) is 0 Å². The standard InChI is InChI=1S/C35H25FO4/c1-3-31(37)39-20-35(21-40-32(38)4-2)29-16-10-9-11-23(29)24-18-17-22(19-30(24)35)33-25-12-5-7-14-27(25)34(36)28-15-8-6-13-26(28)33/h3-19H,1-2,20-21H2. The van der Waals surface area contributed by atoms with Crippen molar-refractivity contribution < 1.29 is 23.5 Å². The van der Waals surface area contributed by atoms with Gasteiger partial charge in [0.2, 0.25) is 0 Å². The highest BCUT2D eigenvalue weighted by Crippen LogP contribution is 2.51. The molecule has 4 nitrogen and oxygen atoms in total. The third-order valence-corrected chi connectivity index (χ3v) is 7.68. The van der Waals surface area contributed by atoms with Crippen molar-refractivity contribution in [2.75, 3.05) is 13.2 Å². The van der Waals surface area contributed by atoms with Crippen LogP contribution in [0.1, 0.15) is 11.1 Å². The minimum absolute atomic E-state index is 0.0688. The van der Waals surface area contributed by atoms with Crippen molar-refractivity contribution in [3.63, 3.8) is 0 Å². The molecule has 0 spiro atoms. The maximum absolute atomic E-state index is 15.6. The van der Waals surface area contributed by atoms with Crippen LogP contribution >= 0.6 is 0 Å². The molecule has 0 N–H and O–H groups in total. The van der Waals surface area contributed by atoms with Gasteiger partial charge in [-0.2, -0.15) is 0 Å². The van der Waals surface area contributed by atoms with Crippen LogP contribution in [-0.4, -0.2) is 25.2 Å². The number of hydrogen-bond donors (Lipinski definition) is 0. The quantitative estimate of drug-likeness (QED) is 0.125. The van der Waals surface area contributed by atoms with Gasteiger partial charge in [-0.05, 0) is 50.2 Å². The molecule has 0 saturated carbocycles. The molecule has 0 aromatic heterocycles. The summed E-state index contributed by atoms with van der Waals surface area (Å²) in [4.78, 5) is 24.5. The zero-order valence-electron chi connectivity index (χ0n) is 21.7. The van der Waals surface area contributed by atoms with E-state index in [1.165, 1.54) is 0 Å². The molecular weight excluding hydrogens is 503 g/mol. The fraction of sp³-hybridized carbons (Fsp3) is 0.0857. The molecule has 0 saturated heterocycles. The number of ether oxygens (including phenoxy) is 2. The van der Waals surface area contributed by atoms with E-state index in [-0.39, 0.29) is 19.0 Å². The van der Waals surface area contributed by atoms with Crippen LogP contribution in [0.25, 0.3) is 43.8 Å². The van der Waals surface area contributed by atoms with Crippen LogP contribution in [-0.2, 0) is 24.5 Å². The molecule has 5 aromatic carbocycles. The predicted octanol–water partition coefficient (Wildman–Crippen LogP) is 7.52. The lowest BCUT2D eigenvalue weighted by atomic mass is 9.78. The third-order valence-electron chi connectivity index (χ3n) is 7.68. The lowest BCUT2D eigenvalue weighted by Gasteiger charge is -2.31. The highest BCUT2D eigenvalue weighted by Gasteiger charge is 2.46. The first kappa shape index (κ1) is 25.3. The van der Waals surface area contributed by atoms with Crippen molar-refractivity contribution in [1.82, 2.24) is 0 Å². The molecule has 196 valence electrons. The second-order valence-electron chi connectivity index (χ2n) is 9.79. The molecule has 5 aromatic rings. The first-order valence-corrected chi connectivity index (χ1v) is 12.9. The van der Waals surface area contributed by atoms with Crippen molar-refractivity contribution in [2.45, 2.75) is 5.41 Å². The largest absolute Gasteiger partial charge is 0.461 e. The first-order chi connectivity index (χ1) is 19.5. The van der Waals surface area contributed by atoms with E-state index in [2.05, 4.69) is 13.2 Å². The molecule has 6 rings (SSSR count). The van der Waals surface area contributed by atoms with Crippen LogP contribution in [0.3, 0.4) is 0 Å². The zero-order valence-corrected chi connectivity index (χ0v) is 21.7. The number of benzene rings is 5. The monoisotopic (exact) mass is 528 g/mol. The highest BCUT2D eigenvalue weighted by atomic mass is 19.1. The van der Waals surface area contributed by atoms with Gasteiger partial charge in [0, 0.05) is 22.9 Å². The summed E-state index contributed by atoms with van der Waals surface area (Å²) < 4.78 is 26.9. The molecule has 5 heteroatoms. The normalized spacial score (nSPS) is 12.9. The smallest absolute Gasteiger partial charge is 0.330 e. The Balaban J connectivity index is 1.63. The molecule has 0 atom stereocenters. The van der Waals surface area contributed by atoms with Crippen molar-refractivity contribution in [3.05, 3.63) is 133 Å². The van der Waals surface area contributed by atoms with E-state index in [0.717, 1.165) is 56.3 Å². The van der Waals surface area contributed by atoms with Crippen LogP contribution in [0, 0.1) is 5.82 Å². The second kappa shape index (κ2) is 9.93. The minimum Gasteiger partial charge on any atom is -0.461 e. The summed E-state index contributed by atoms with van der Waals surface area (Å²) in [5.41, 5.74) is 4.41. The summed E-state index contributed by atoms with van der Waals surface area (Å²) >= 11 is 0. The average Bonchev–Trinajstić information content (AvgIpc) is 3.28. The summed E-state index contributed by atoms with van der Waals surface area (Å²) in [6, 6.07) is 28.8. The number of rotatable bonds is 7. The molecule has 0 amide bonds. The Morgan fingerprint density at radius 2 is 1.18 bits per heavy atom. The maximum atomic E-state index is 15.6. The Bertz CT molecular complexity index is 1770. The number of fused-ring (bicyclic) bond motifs is 5. The van der Waals surface area contributed by atoms with Crippen LogP contribution in [0.5, 0.6) is 0 Å². The predicted molar refractivity (Wildman–Crippen MR) is 155 cm³/mol. The van der Waals surface area contributed by atoms with E-state index >= 15 is 4.39 Å². The fourth-order valence-electron chi connectivity index (χ4n) is 5.86. The Hall–Kier alpha value is -5.03. The third kappa shape index (κ3) is 3.90. The summed E-state index contributed by atoms with van der Waals surface area (Å²) in [6.45, 7) is 6.90. The molecular formula is C35H25FO4. The lowest BCUT2D eigenvalue weighted by Crippen LogP contribution is -2.38. The van der Waals surface area contributed by atoms with Gasteiger partial charge in [-0.3, -0.25) is 0 Å². The SMILES string of the molecule is C=CC(=O)OCC1(COC(=O)C=C)c2ccccc2-c2ccc(-c3c4ccccc4c(F)c4ccccc34)cc21. The fourth-order valence-corrected chi connectivity index (χ4v) is 5.86. The van der Waals surface area contributed by atoms with Crippen molar-refractivity contribution in [1.29, 1.82) is 0 Å². The van der Waals surface area contributed by atoms with E-state index < -0.39 is 17.4 Å². The molecule has 0 bridgehead atoms. The van der Waals surface area contributed by atoms with Gasteiger partial charge in [0.1, 0.15) is 19.0 Å². The van der Waals surface area contributed by atoms with Gasteiger partial charge in [-0.1, -0.05) is 98.1 Å². The van der Waals surface area contributed by atoms with Gasteiger partial charge in [-0.15, -0.1) is 0 Å². The molecule has 1 aliphatic carbocycles. The second-order valence-corrected chi connectivity index (χ2v) is 9.79. The molecule has 0 fully saturated rings. The van der Waals surface area contributed by atoms with E-state index in [9.17, 15) is 9.59 Å². The molecule has 0 radical (unpaired) electrons. The zero-order chi connectivity index (χ0) is 27.9. The van der Waals surface area contributed by atoms with Gasteiger partial charge >= 0.3 is 11.9 Å². The minimum atomic E-state index is -0.981. The number of carbonyl (C=O) groups is 2. The van der Waals surface area contributed by atoms with Crippen molar-refractivity contribution >= 4 is 33.5 Å². The number of esters is 2. The number of halogens is 1. The van der Waals surface area contributed by atoms with Gasteiger partial charge < -0.3 is 9.47 Å². The van der Waals surface area contributed by atoms with E-state index in [4.69, 9.17) is 9.47 Å². The first-order valence-electron chi connectivity index (χ1n) is 12.9. The summed E-state index contributed by atoms with van der Waals surface area (Å²) in [5.74, 6) is -1.41.